The summed E-state index contributed by atoms with van der Waals surface area (Å²) in [6, 6.07) is 6.50. The summed E-state index contributed by atoms with van der Waals surface area (Å²) in [4.78, 5) is 23.8. The molecule has 0 unspecified atom stereocenters. The summed E-state index contributed by atoms with van der Waals surface area (Å²) >= 11 is 0. The Morgan fingerprint density at radius 3 is 2.29 bits per heavy atom. The molecule has 8 heteroatoms. The molecule has 0 N–H and O–H groups in total. The lowest BCUT2D eigenvalue weighted by Crippen LogP contribution is -2.41. The van der Waals surface area contributed by atoms with Gasteiger partial charge < -0.3 is 14.2 Å². The normalized spacial score (nSPS) is 15.7. The molecule has 0 radical (unpaired) electrons. The van der Waals surface area contributed by atoms with Crippen molar-refractivity contribution < 1.29 is 37.0 Å². The molecule has 0 spiro atoms. The van der Waals surface area contributed by atoms with Crippen LogP contribution in [0.1, 0.15) is 25.0 Å². The van der Waals surface area contributed by atoms with Crippen molar-refractivity contribution in [2.24, 2.45) is 0 Å². The van der Waals surface area contributed by atoms with Crippen LogP contribution in [0.5, 0.6) is 5.75 Å². The van der Waals surface area contributed by atoms with E-state index in [4.69, 9.17) is 14.2 Å². The number of hydrogen-bond acceptors (Lipinski definition) is 5. The lowest BCUT2D eigenvalue weighted by molar-refractivity contribution is -0.222. The summed E-state index contributed by atoms with van der Waals surface area (Å²) in [5.41, 5.74) is -0.263. The summed E-state index contributed by atoms with van der Waals surface area (Å²) in [6.07, 6.45) is 1.12. The second-order valence-corrected chi connectivity index (χ2v) is 6.45. The fraction of sp³-hybridized carbons (Fsp3) is 0.200. The molecule has 1 aliphatic rings. The minimum Gasteiger partial charge on any atom is -0.486 e. The average Bonchev–Trinajstić information content (AvgIpc) is 2.59. The van der Waals surface area contributed by atoms with Crippen molar-refractivity contribution in [1.82, 2.24) is 0 Å². The van der Waals surface area contributed by atoms with Gasteiger partial charge in [-0.25, -0.2) is 22.8 Å². The Balaban J connectivity index is 1.76. The van der Waals surface area contributed by atoms with Gasteiger partial charge in [-0.2, -0.15) is 0 Å². The fourth-order valence-corrected chi connectivity index (χ4v) is 2.48. The van der Waals surface area contributed by atoms with Crippen LogP contribution in [0.25, 0.3) is 6.08 Å². The third kappa shape index (κ3) is 4.33. The summed E-state index contributed by atoms with van der Waals surface area (Å²) in [5.74, 6) is -5.49. The highest BCUT2D eigenvalue weighted by atomic mass is 19.1. The van der Waals surface area contributed by atoms with Gasteiger partial charge in [0, 0.05) is 19.4 Å². The van der Waals surface area contributed by atoms with Crippen LogP contribution >= 0.6 is 0 Å². The third-order valence-electron chi connectivity index (χ3n) is 3.77. The van der Waals surface area contributed by atoms with Gasteiger partial charge in [0.15, 0.2) is 11.6 Å². The number of rotatable bonds is 4. The van der Waals surface area contributed by atoms with E-state index in [-0.39, 0.29) is 29.1 Å². The fourth-order valence-electron chi connectivity index (χ4n) is 2.48. The molecule has 146 valence electrons. The van der Waals surface area contributed by atoms with Gasteiger partial charge in [-0.3, -0.25) is 0 Å². The highest BCUT2D eigenvalue weighted by molar-refractivity contribution is 6.18. The van der Waals surface area contributed by atoms with Crippen LogP contribution in [0.4, 0.5) is 13.2 Å². The minimum absolute atomic E-state index is 0.0686. The monoisotopic (exact) mass is 392 g/mol. The first-order chi connectivity index (χ1) is 13.1. The zero-order valence-corrected chi connectivity index (χ0v) is 14.9. The molecule has 0 aliphatic carbocycles. The zero-order chi connectivity index (χ0) is 20.5. The number of hydrogen-bond donors (Lipinski definition) is 0. The molecule has 2 aromatic carbocycles. The van der Waals surface area contributed by atoms with E-state index in [1.54, 1.807) is 0 Å². The number of cyclic esters (lactones) is 2. The molecule has 1 aliphatic heterocycles. The number of esters is 2. The molecular weight excluding hydrogens is 377 g/mol. The van der Waals surface area contributed by atoms with Crippen molar-refractivity contribution in [2.75, 3.05) is 0 Å². The van der Waals surface area contributed by atoms with E-state index in [0.717, 1.165) is 30.3 Å². The molecular formula is C20H15F3O5. The van der Waals surface area contributed by atoms with E-state index in [1.165, 1.54) is 26.0 Å². The summed E-state index contributed by atoms with van der Waals surface area (Å²) in [7, 11) is 0. The number of benzene rings is 2. The van der Waals surface area contributed by atoms with Crippen molar-refractivity contribution in [1.29, 1.82) is 0 Å². The molecule has 28 heavy (non-hydrogen) atoms. The minimum atomic E-state index is -1.37. The number of carbonyl (C=O) groups is 2. The largest absolute Gasteiger partial charge is 0.486 e. The molecule has 0 saturated carbocycles. The van der Waals surface area contributed by atoms with Gasteiger partial charge in [0.25, 0.3) is 5.79 Å². The molecule has 0 atom stereocenters. The quantitative estimate of drug-likeness (QED) is 0.449. The molecule has 1 heterocycles. The van der Waals surface area contributed by atoms with E-state index in [0.29, 0.717) is 0 Å². The topological polar surface area (TPSA) is 61.8 Å². The van der Waals surface area contributed by atoms with Gasteiger partial charge in [0.2, 0.25) is 0 Å². The Labute approximate surface area is 158 Å². The first-order valence-corrected chi connectivity index (χ1v) is 8.19. The van der Waals surface area contributed by atoms with Gasteiger partial charge >= 0.3 is 11.9 Å². The highest BCUT2D eigenvalue weighted by Crippen LogP contribution is 2.26. The number of ether oxygens (including phenoxy) is 3. The predicted molar refractivity (Wildman–Crippen MR) is 91.3 cm³/mol. The smallest absolute Gasteiger partial charge is 0.348 e. The summed E-state index contributed by atoms with van der Waals surface area (Å²) in [5, 5.41) is 0. The van der Waals surface area contributed by atoms with E-state index < -0.39 is 35.2 Å². The van der Waals surface area contributed by atoms with E-state index in [9.17, 15) is 22.8 Å². The average molecular weight is 392 g/mol. The maximum Gasteiger partial charge on any atom is 0.348 e. The van der Waals surface area contributed by atoms with Gasteiger partial charge in [0.05, 0.1) is 0 Å². The lowest BCUT2D eigenvalue weighted by Gasteiger charge is -2.29. The Kier molecular flexibility index (Phi) is 5.13. The Bertz CT molecular complexity index is 960. The van der Waals surface area contributed by atoms with Crippen molar-refractivity contribution in [3.8, 4) is 5.75 Å². The van der Waals surface area contributed by atoms with Crippen LogP contribution < -0.4 is 4.74 Å². The van der Waals surface area contributed by atoms with Crippen molar-refractivity contribution >= 4 is 18.0 Å². The third-order valence-corrected chi connectivity index (χ3v) is 3.77. The Hall–Kier alpha value is -3.29. The lowest BCUT2D eigenvalue weighted by atomic mass is 10.1. The second kappa shape index (κ2) is 7.38. The predicted octanol–water partition coefficient (Wildman–Crippen LogP) is 3.90. The first kappa shape index (κ1) is 19.5. The Morgan fingerprint density at radius 2 is 1.64 bits per heavy atom. The van der Waals surface area contributed by atoms with E-state index in [1.807, 2.05) is 0 Å². The van der Waals surface area contributed by atoms with Crippen LogP contribution in [0.3, 0.4) is 0 Å². The molecule has 0 aromatic heterocycles. The van der Waals surface area contributed by atoms with Crippen molar-refractivity contribution in [3.05, 3.63) is 70.5 Å². The molecule has 1 saturated heterocycles. The van der Waals surface area contributed by atoms with Gasteiger partial charge in [-0.05, 0) is 42.0 Å². The van der Waals surface area contributed by atoms with Crippen LogP contribution in [0.2, 0.25) is 0 Å². The molecule has 0 bridgehead atoms. The van der Waals surface area contributed by atoms with Crippen LogP contribution in [0, 0.1) is 17.5 Å². The maximum absolute atomic E-state index is 14.2. The van der Waals surface area contributed by atoms with Crippen molar-refractivity contribution in [2.45, 2.75) is 26.2 Å². The number of halogens is 3. The Morgan fingerprint density at radius 1 is 0.964 bits per heavy atom. The molecule has 1 fully saturated rings. The molecule has 2 aromatic rings. The SMILES string of the molecule is CC1(C)OC(=O)C(=Cc2ccc(OCc3cc(F)ccc3F)c(F)c2)C(=O)O1. The van der Waals surface area contributed by atoms with Gasteiger partial charge in [-0.15, -0.1) is 0 Å². The first-order valence-electron chi connectivity index (χ1n) is 8.19. The van der Waals surface area contributed by atoms with Gasteiger partial charge in [-0.1, -0.05) is 6.07 Å². The standard InChI is InChI=1S/C20H15F3O5/c1-20(2)27-18(24)14(19(25)28-20)7-11-3-6-17(16(23)8-11)26-10-12-9-13(21)4-5-15(12)22/h3-9H,10H2,1-2H3. The van der Waals surface area contributed by atoms with Crippen LogP contribution in [-0.4, -0.2) is 17.7 Å². The second-order valence-electron chi connectivity index (χ2n) is 6.45. The highest BCUT2D eigenvalue weighted by Gasteiger charge is 2.38. The maximum atomic E-state index is 14.2. The van der Waals surface area contributed by atoms with Crippen LogP contribution in [-0.2, 0) is 25.7 Å². The summed E-state index contributed by atoms with van der Waals surface area (Å²) < 4.78 is 56.1. The van der Waals surface area contributed by atoms with Gasteiger partial charge in [0.1, 0.15) is 23.8 Å². The van der Waals surface area contributed by atoms with E-state index >= 15 is 0 Å². The zero-order valence-electron chi connectivity index (χ0n) is 14.9. The summed E-state index contributed by atoms with van der Waals surface area (Å²) in [6.45, 7) is 2.44. The van der Waals surface area contributed by atoms with Crippen LogP contribution in [0.15, 0.2) is 42.0 Å². The molecule has 0 amide bonds. The van der Waals surface area contributed by atoms with E-state index in [2.05, 4.69) is 0 Å². The van der Waals surface area contributed by atoms with Crippen molar-refractivity contribution in [3.63, 3.8) is 0 Å². The number of carbonyl (C=O) groups excluding carboxylic acids is 2. The molecule has 3 rings (SSSR count). The molecule has 5 nitrogen and oxygen atoms in total.